The number of rotatable bonds is 3. The summed E-state index contributed by atoms with van der Waals surface area (Å²) in [5, 5.41) is 13.3. The molecular weight excluding hydrogens is 465 g/mol. The van der Waals surface area contributed by atoms with Crippen LogP contribution in [0.1, 0.15) is 41.0 Å². The fourth-order valence-corrected chi connectivity index (χ4v) is 5.46. The Hall–Kier alpha value is -3.66. The van der Waals surface area contributed by atoms with Gasteiger partial charge in [0.05, 0.1) is 12.2 Å². The van der Waals surface area contributed by atoms with Gasteiger partial charge in [-0.05, 0) is 68.3 Å². The number of nitrogens with zero attached hydrogens (tertiary/aromatic N) is 2. The van der Waals surface area contributed by atoms with Crippen molar-refractivity contribution >= 4 is 11.7 Å². The Balaban J connectivity index is 1.32. The molecule has 0 aliphatic carbocycles. The summed E-state index contributed by atoms with van der Waals surface area (Å²) in [5.74, 6) is 5.73. The van der Waals surface area contributed by atoms with E-state index in [4.69, 9.17) is 0 Å². The van der Waals surface area contributed by atoms with E-state index in [1.807, 2.05) is 60.4 Å². The first-order valence-electron chi connectivity index (χ1n) is 12.9. The smallest absolute Gasteiger partial charge is 0.321 e. The molecule has 2 heterocycles. The molecule has 0 spiro atoms. The molecule has 2 saturated heterocycles. The molecule has 2 amide bonds. The number of aliphatic hydroxyl groups is 1. The van der Waals surface area contributed by atoms with Crippen LogP contribution in [0.25, 0.3) is 0 Å². The molecule has 0 radical (unpaired) electrons. The van der Waals surface area contributed by atoms with Crippen molar-refractivity contribution in [1.82, 2.24) is 9.80 Å². The predicted octanol–water partition coefficient (Wildman–Crippen LogP) is 4.99. The van der Waals surface area contributed by atoms with Crippen LogP contribution in [0.5, 0.6) is 0 Å². The third-order valence-electron chi connectivity index (χ3n) is 7.47. The predicted molar refractivity (Wildman–Crippen MR) is 144 cm³/mol. The van der Waals surface area contributed by atoms with Gasteiger partial charge >= 0.3 is 6.03 Å². The number of aliphatic hydroxyl groups excluding tert-OH is 1. The highest BCUT2D eigenvalue weighted by Crippen LogP contribution is 2.42. The molecule has 0 bridgehead atoms. The summed E-state index contributed by atoms with van der Waals surface area (Å²) in [6.07, 6.45) is 1.92. The van der Waals surface area contributed by atoms with E-state index in [9.17, 15) is 14.3 Å². The zero-order valence-electron chi connectivity index (χ0n) is 21.0. The number of anilines is 1. The van der Waals surface area contributed by atoms with Gasteiger partial charge in [-0.3, -0.25) is 4.90 Å². The molecule has 3 atom stereocenters. The molecule has 5 rings (SSSR count). The van der Waals surface area contributed by atoms with Gasteiger partial charge < -0.3 is 15.3 Å². The van der Waals surface area contributed by atoms with Gasteiger partial charge in [0, 0.05) is 42.3 Å². The Labute approximate surface area is 217 Å². The van der Waals surface area contributed by atoms with Crippen LogP contribution in [0.15, 0.2) is 72.8 Å². The van der Waals surface area contributed by atoms with Crippen LogP contribution in [-0.4, -0.2) is 59.3 Å². The molecule has 0 unspecified atom stereocenters. The zero-order valence-corrected chi connectivity index (χ0v) is 21.0. The van der Waals surface area contributed by atoms with Gasteiger partial charge in [-0.15, -0.1) is 0 Å². The van der Waals surface area contributed by atoms with Crippen LogP contribution in [0.2, 0.25) is 0 Å². The number of halogens is 1. The van der Waals surface area contributed by atoms with Crippen molar-refractivity contribution in [2.45, 2.75) is 37.8 Å². The Bertz CT molecular complexity index is 1300. The van der Waals surface area contributed by atoms with Gasteiger partial charge in [0.15, 0.2) is 0 Å². The van der Waals surface area contributed by atoms with Crippen molar-refractivity contribution in [3.8, 4) is 11.8 Å². The monoisotopic (exact) mass is 497 g/mol. The first-order chi connectivity index (χ1) is 18.0. The van der Waals surface area contributed by atoms with Crippen molar-refractivity contribution in [2.75, 3.05) is 31.6 Å². The molecule has 2 aliphatic heterocycles. The van der Waals surface area contributed by atoms with Crippen molar-refractivity contribution in [3.05, 3.63) is 101 Å². The summed E-state index contributed by atoms with van der Waals surface area (Å²) >= 11 is 0. The molecule has 190 valence electrons. The summed E-state index contributed by atoms with van der Waals surface area (Å²) < 4.78 is 13.9. The van der Waals surface area contributed by atoms with Gasteiger partial charge in [-0.1, -0.05) is 53.8 Å². The SMILES string of the molecule is Cc1ccc(NC(=O)N2CCCCN3[C@H](CO)[C@H](c4ccc(C#Cc5ccccc5F)cc4)[C@@H]3C2)cc1. The fraction of sp³-hybridized carbons (Fsp3) is 0.323. The highest BCUT2D eigenvalue weighted by molar-refractivity contribution is 5.89. The van der Waals surface area contributed by atoms with Crippen molar-refractivity contribution in [2.24, 2.45) is 0 Å². The summed E-state index contributed by atoms with van der Waals surface area (Å²) in [4.78, 5) is 17.4. The zero-order chi connectivity index (χ0) is 25.8. The number of hydrogen-bond donors (Lipinski definition) is 2. The van der Waals surface area contributed by atoms with E-state index in [1.165, 1.54) is 6.07 Å². The molecule has 0 aromatic heterocycles. The summed E-state index contributed by atoms with van der Waals surface area (Å²) in [6.45, 7) is 4.34. The summed E-state index contributed by atoms with van der Waals surface area (Å²) in [6, 6.07) is 22.4. The van der Waals surface area contributed by atoms with Gasteiger partial charge in [0.25, 0.3) is 0 Å². The molecule has 2 aliphatic rings. The maximum atomic E-state index is 13.9. The molecule has 2 N–H and O–H groups in total. The average molecular weight is 498 g/mol. The van der Waals surface area contributed by atoms with E-state index >= 15 is 0 Å². The topological polar surface area (TPSA) is 55.8 Å². The van der Waals surface area contributed by atoms with Crippen molar-refractivity contribution in [3.63, 3.8) is 0 Å². The van der Waals surface area contributed by atoms with E-state index in [2.05, 4.69) is 22.1 Å². The van der Waals surface area contributed by atoms with Gasteiger partial charge in [-0.25, -0.2) is 9.18 Å². The molecule has 0 saturated carbocycles. The average Bonchev–Trinajstić information content (AvgIpc) is 2.89. The highest BCUT2D eigenvalue weighted by atomic mass is 19.1. The van der Waals surface area contributed by atoms with Crippen LogP contribution < -0.4 is 5.32 Å². The third kappa shape index (κ3) is 5.53. The number of nitrogens with one attached hydrogen (secondary N) is 1. The van der Waals surface area contributed by atoms with Crippen LogP contribution in [0.4, 0.5) is 14.9 Å². The number of urea groups is 1. The van der Waals surface area contributed by atoms with Crippen LogP contribution in [0, 0.1) is 24.6 Å². The number of aryl methyl sites for hydroxylation is 1. The van der Waals surface area contributed by atoms with Gasteiger partial charge in [0.2, 0.25) is 0 Å². The number of carbonyl (C=O) groups excluding carboxylic acids is 1. The number of fused-ring (bicyclic) bond motifs is 1. The minimum Gasteiger partial charge on any atom is -0.395 e. The molecule has 3 aromatic rings. The molecule has 5 nitrogen and oxygen atoms in total. The minimum absolute atomic E-state index is 0.0282. The number of carbonyl (C=O) groups is 1. The van der Waals surface area contributed by atoms with Crippen LogP contribution in [-0.2, 0) is 0 Å². The third-order valence-corrected chi connectivity index (χ3v) is 7.47. The van der Waals surface area contributed by atoms with Crippen molar-refractivity contribution in [1.29, 1.82) is 0 Å². The van der Waals surface area contributed by atoms with Crippen molar-refractivity contribution < 1.29 is 14.3 Å². The number of benzene rings is 3. The lowest BCUT2D eigenvalue weighted by molar-refractivity contribution is -0.0585. The maximum absolute atomic E-state index is 13.9. The summed E-state index contributed by atoms with van der Waals surface area (Å²) in [7, 11) is 0. The largest absolute Gasteiger partial charge is 0.395 e. The molecule has 37 heavy (non-hydrogen) atoms. The maximum Gasteiger partial charge on any atom is 0.321 e. The van der Waals surface area contributed by atoms with Crippen LogP contribution in [0.3, 0.4) is 0 Å². The normalized spacial score (nSPS) is 21.5. The highest BCUT2D eigenvalue weighted by Gasteiger charge is 2.49. The quantitative estimate of drug-likeness (QED) is 0.502. The van der Waals surface area contributed by atoms with E-state index in [1.54, 1.807) is 18.2 Å². The lowest BCUT2D eigenvalue weighted by Gasteiger charge is -2.57. The van der Waals surface area contributed by atoms with E-state index in [-0.39, 0.29) is 36.5 Å². The molecule has 3 aromatic carbocycles. The molecular formula is C31H32FN3O2. The second-order valence-corrected chi connectivity index (χ2v) is 9.88. The van der Waals surface area contributed by atoms with Gasteiger partial charge in [0.1, 0.15) is 5.82 Å². The first-order valence-corrected chi connectivity index (χ1v) is 12.9. The Morgan fingerprint density at radius 2 is 1.73 bits per heavy atom. The second kappa shape index (κ2) is 11.2. The second-order valence-electron chi connectivity index (χ2n) is 9.88. The Morgan fingerprint density at radius 1 is 1.00 bits per heavy atom. The standard InChI is InChI=1S/C31H32FN3O2/c1-22-8-16-26(17-9-22)33-31(37)34-18-4-5-19-35-28(20-34)30(29(35)21-36)25-14-11-23(12-15-25)10-13-24-6-2-3-7-27(24)32/h2-3,6-9,11-12,14-17,28-30,36H,4-5,18-21H2,1H3,(H,33,37)/t28-,29+,30+/m0/s1. The summed E-state index contributed by atoms with van der Waals surface area (Å²) in [5.41, 5.74) is 4.24. The van der Waals surface area contributed by atoms with E-state index < -0.39 is 0 Å². The lowest BCUT2D eigenvalue weighted by Crippen LogP contribution is -2.68. The van der Waals surface area contributed by atoms with E-state index in [0.717, 1.165) is 41.8 Å². The van der Waals surface area contributed by atoms with Gasteiger partial charge in [-0.2, -0.15) is 0 Å². The molecule has 6 heteroatoms. The first kappa shape index (κ1) is 25.0. The van der Waals surface area contributed by atoms with E-state index in [0.29, 0.717) is 18.7 Å². The lowest BCUT2D eigenvalue weighted by atomic mass is 9.74. The van der Waals surface area contributed by atoms with Crippen LogP contribution >= 0.6 is 0 Å². The number of hydrogen-bond acceptors (Lipinski definition) is 3. The molecule has 2 fully saturated rings. The minimum atomic E-state index is -0.327. The fourth-order valence-electron chi connectivity index (χ4n) is 5.46. The Kier molecular flexibility index (Phi) is 7.55. The Morgan fingerprint density at radius 3 is 2.46 bits per heavy atom. The number of amides is 2.